The van der Waals surface area contributed by atoms with Crippen molar-refractivity contribution in [2.75, 3.05) is 13.7 Å². The highest BCUT2D eigenvalue weighted by Crippen LogP contribution is 2.25. The second-order valence-corrected chi connectivity index (χ2v) is 4.96. The summed E-state index contributed by atoms with van der Waals surface area (Å²) in [5.74, 6) is 1.28. The van der Waals surface area contributed by atoms with Gasteiger partial charge in [0.1, 0.15) is 5.75 Å². The Morgan fingerprint density at radius 3 is 3.12 bits per heavy atom. The fourth-order valence-corrected chi connectivity index (χ4v) is 2.71. The van der Waals surface area contributed by atoms with Crippen molar-refractivity contribution < 1.29 is 9.84 Å². The molecule has 0 fully saturated rings. The van der Waals surface area contributed by atoms with E-state index in [1.54, 1.807) is 18.4 Å². The molecule has 0 aromatic carbocycles. The molecule has 3 nitrogen and oxygen atoms in total. The molecule has 0 saturated carbocycles. The number of thiophene rings is 1. The van der Waals surface area contributed by atoms with E-state index >= 15 is 0 Å². The number of aliphatic hydroxyl groups excluding tert-OH is 1. The van der Waals surface area contributed by atoms with Gasteiger partial charge in [0.05, 0.1) is 12.0 Å². The van der Waals surface area contributed by atoms with E-state index < -0.39 is 0 Å². The molecule has 0 unspecified atom stereocenters. The topological polar surface area (TPSA) is 41.5 Å². The van der Waals surface area contributed by atoms with Crippen molar-refractivity contribution in [1.29, 1.82) is 0 Å². The van der Waals surface area contributed by atoms with Gasteiger partial charge < -0.3 is 15.2 Å². The minimum atomic E-state index is 0.247. The summed E-state index contributed by atoms with van der Waals surface area (Å²) in [5, 5.41) is 14.5. The lowest BCUT2D eigenvalue weighted by atomic mass is 10.1. The zero-order valence-electron chi connectivity index (χ0n) is 9.35. The predicted molar refractivity (Wildman–Crippen MR) is 65.8 cm³/mol. The SMILES string of the molecule is COc1ccsc1CN[C@@H]1C=C[C@H](CO)C1. The van der Waals surface area contributed by atoms with E-state index in [0.29, 0.717) is 12.0 Å². The Kier molecular flexibility index (Phi) is 3.98. The average molecular weight is 239 g/mol. The van der Waals surface area contributed by atoms with Crippen LogP contribution in [0.4, 0.5) is 0 Å². The molecule has 1 aliphatic carbocycles. The van der Waals surface area contributed by atoms with Crippen LogP contribution in [-0.2, 0) is 6.54 Å². The second-order valence-electron chi connectivity index (χ2n) is 3.96. The molecule has 0 amide bonds. The lowest BCUT2D eigenvalue weighted by Crippen LogP contribution is -2.25. The standard InChI is InChI=1S/C12H17NO2S/c1-15-11-4-5-16-12(11)7-13-10-3-2-9(6-10)8-14/h2-5,9-10,13-14H,6-8H2,1H3/t9-,10+/m0/s1. The van der Waals surface area contributed by atoms with Crippen LogP contribution in [0, 0.1) is 5.92 Å². The van der Waals surface area contributed by atoms with Gasteiger partial charge >= 0.3 is 0 Å². The lowest BCUT2D eigenvalue weighted by Gasteiger charge is -2.12. The van der Waals surface area contributed by atoms with Gasteiger partial charge in [0, 0.05) is 25.1 Å². The molecule has 4 heteroatoms. The van der Waals surface area contributed by atoms with Crippen molar-refractivity contribution in [2.24, 2.45) is 5.92 Å². The third-order valence-corrected chi connectivity index (χ3v) is 3.76. The quantitative estimate of drug-likeness (QED) is 0.770. The van der Waals surface area contributed by atoms with E-state index in [-0.39, 0.29) is 6.61 Å². The van der Waals surface area contributed by atoms with E-state index in [2.05, 4.69) is 17.5 Å². The molecule has 0 radical (unpaired) electrons. The molecule has 1 aromatic rings. The van der Waals surface area contributed by atoms with Crippen LogP contribution in [0.5, 0.6) is 5.75 Å². The van der Waals surface area contributed by atoms with Crippen molar-refractivity contribution in [3.05, 3.63) is 28.5 Å². The first-order valence-electron chi connectivity index (χ1n) is 5.46. The van der Waals surface area contributed by atoms with Crippen LogP contribution < -0.4 is 10.1 Å². The maximum atomic E-state index is 9.02. The summed E-state index contributed by atoms with van der Waals surface area (Å²) in [5.41, 5.74) is 0. The molecular formula is C12H17NO2S. The summed E-state index contributed by atoms with van der Waals surface area (Å²) >= 11 is 1.70. The molecule has 1 aliphatic rings. The largest absolute Gasteiger partial charge is 0.496 e. The molecule has 2 rings (SSSR count). The molecule has 88 valence electrons. The highest BCUT2D eigenvalue weighted by atomic mass is 32.1. The lowest BCUT2D eigenvalue weighted by molar-refractivity contribution is 0.246. The molecule has 0 saturated heterocycles. The zero-order valence-corrected chi connectivity index (χ0v) is 10.2. The van der Waals surface area contributed by atoms with E-state index in [0.717, 1.165) is 18.7 Å². The van der Waals surface area contributed by atoms with E-state index in [4.69, 9.17) is 9.84 Å². The van der Waals surface area contributed by atoms with Gasteiger partial charge in [-0.3, -0.25) is 0 Å². The van der Waals surface area contributed by atoms with Gasteiger partial charge in [0.15, 0.2) is 0 Å². The van der Waals surface area contributed by atoms with E-state index in [9.17, 15) is 0 Å². The minimum absolute atomic E-state index is 0.247. The summed E-state index contributed by atoms with van der Waals surface area (Å²) in [7, 11) is 1.70. The summed E-state index contributed by atoms with van der Waals surface area (Å²) < 4.78 is 5.26. The van der Waals surface area contributed by atoms with Crippen molar-refractivity contribution in [1.82, 2.24) is 5.32 Å². The number of hydrogen-bond donors (Lipinski definition) is 2. The fourth-order valence-electron chi connectivity index (χ4n) is 1.92. The van der Waals surface area contributed by atoms with Crippen molar-refractivity contribution in [3.63, 3.8) is 0 Å². The minimum Gasteiger partial charge on any atom is -0.496 e. The van der Waals surface area contributed by atoms with Gasteiger partial charge in [-0.1, -0.05) is 12.2 Å². The van der Waals surface area contributed by atoms with Crippen LogP contribution in [0.2, 0.25) is 0 Å². The summed E-state index contributed by atoms with van der Waals surface area (Å²) in [4.78, 5) is 1.23. The summed E-state index contributed by atoms with van der Waals surface area (Å²) in [6, 6.07) is 2.37. The Balaban J connectivity index is 1.82. The average Bonchev–Trinajstić information content (AvgIpc) is 2.94. The first kappa shape index (κ1) is 11.6. The monoisotopic (exact) mass is 239 g/mol. The Morgan fingerprint density at radius 2 is 2.44 bits per heavy atom. The summed E-state index contributed by atoms with van der Waals surface area (Å²) in [6.45, 7) is 1.07. The van der Waals surface area contributed by atoms with Crippen LogP contribution in [0.3, 0.4) is 0 Å². The molecule has 0 aliphatic heterocycles. The van der Waals surface area contributed by atoms with Gasteiger partial charge in [0.2, 0.25) is 0 Å². The molecule has 0 spiro atoms. The third kappa shape index (κ3) is 2.64. The van der Waals surface area contributed by atoms with Crippen LogP contribution in [0.25, 0.3) is 0 Å². The Hall–Kier alpha value is -0.840. The molecule has 1 heterocycles. The van der Waals surface area contributed by atoms with Crippen molar-refractivity contribution in [3.8, 4) is 5.75 Å². The van der Waals surface area contributed by atoms with E-state index in [1.165, 1.54) is 4.88 Å². The van der Waals surface area contributed by atoms with Gasteiger partial charge in [0.25, 0.3) is 0 Å². The molecular weight excluding hydrogens is 222 g/mol. The number of hydrogen-bond acceptors (Lipinski definition) is 4. The van der Waals surface area contributed by atoms with Gasteiger partial charge in [-0.25, -0.2) is 0 Å². The maximum Gasteiger partial charge on any atom is 0.134 e. The maximum absolute atomic E-state index is 9.02. The number of aliphatic hydroxyl groups is 1. The Morgan fingerprint density at radius 1 is 1.56 bits per heavy atom. The summed E-state index contributed by atoms with van der Waals surface area (Å²) in [6.07, 6.45) is 5.22. The molecule has 16 heavy (non-hydrogen) atoms. The van der Waals surface area contributed by atoms with Crippen LogP contribution >= 0.6 is 11.3 Å². The normalized spacial score (nSPS) is 23.9. The van der Waals surface area contributed by atoms with Crippen molar-refractivity contribution >= 4 is 11.3 Å². The molecule has 0 bridgehead atoms. The van der Waals surface area contributed by atoms with Gasteiger partial charge in [-0.2, -0.15) is 0 Å². The fraction of sp³-hybridized carbons (Fsp3) is 0.500. The Labute approximate surface area is 99.8 Å². The number of methoxy groups -OCH3 is 1. The van der Waals surface area contributed by atoms with Crippen molar-refractivity contribution in [2.45, 2.75) is 19.0 Å². The van der Waals surface area contributed by atoms with Crippen LogP contribution in [-0.4, -0.2) is 24.9 Å². The van der Waals surface area contributed by atoms with Gasteiger partial charge in [-0.05, 0) is 17.9 Å². The number of rotatable bonds is 5. The third-order valence-electron chi connectivity index (χ3n) is 2.86. The highest BCUT2D eigenvalue weighted by molar-refractivity contribution is 7.10. The van der Waals surface area contributed by atoms with E-state index in [1.807, 2.05) is 11.4 Å². The van der Waals surface area contributed by atoms with Crippen LogP contribution in [0.1, 0.15) is 11.3 Å². The Bertz CT molecular complexity index is 362. The molecule has 2 N–H and O–H groups in total. The second kappa shape index (κ2) is 5.48. The highest BCUT2D eigenvalue weighted by Gasteiger charge is 2.17. The first-order chi connectivity index (χ1) is 7.83. The first-order valence-corrected chi connectivity index (χ1v) is 6.34. The predicted octanol–water partition coefficient (Wildman–Crippen LogP) is 1.78. The van der Waals surface area contributed by atoms with Gasteiger partial charge in [-0.15, -0.1) is 11.3 Å². The number of nitrogens with one attached hydrogen (secondary N) is 1. The smallest absolute Gasteiger partial charge is 0.134 e. The molecule has 2 atom stereocenters. The molecule has 1 aromatic heterocycles. The zero-order chi connectivity index (χ0) is 11.4. The van der Waals surface area contributed by atoms with Crippen LogP contribution in [0.15, 0.2) is 23.6 Å². The number of ether oxygens (including phenoxy) is 1.